The van der Waals surface area contributed by atoms with Crippen molar-refractivity contribution in [3.05, 3.63) is 94.0 Å². The molecule has 0 aliphatic carbocycles. The van der Waals surface area contributed by atoms with Gasteiger partial charge in [0, 0.05) is 4.47 Å². The molecule has 3 aromatic carbocycles. The first-order valence-electron chi connectivity index (χ1n) is 8.42. The van der Waals surface area contributed by atoms with E-state index in [0.717, 1.165) is 21.2 Å². The monoisotopic (exact) mass is 419 g/mol. The quantitative estimate of drug-likeness (QED) is 0.357. The predicted octanol–water partition coefficient (Wildman–Crippen LogP) is 6.10. The molecule has 0 bridgehead atoms. The van der Waals surface area contributed by atoms with Crippen molar-refractivity contribution in [1.29, 1.82) is 5.26 Å². The molecular formula is C23H18BrNO2. The predicted molar refractivity (Wildman–Crippen MR) is 111 cm³/mol. The number of nitriles is 1. The summed E-state index contributed by atoms with van der Waals surface area (Å²) in [7, 11) is 1.61. The molecule has 0 heterocycles. The van der Waals surface area contributed by atoms with Crippen LogP contribution in [0.3, 0.4) is 0 Å². The van der Waals surface area contributed by atoms with Crippen molar-refractivity contribution < 1.29 is 9.47 Å². The fraction of sp³-hybridized carbons (Fsp3) is 0.0870. The standard InChI is InChI=1S/C23H18BrNO2/c1-26-22-13-19(12-20(15-25)18-10-6-3-7-11-18)21(24)14-23(22)27-16-17-8-4-2-5-9-17/h2-14H,16H2,1H3/b20-12+. The average molecular weight is 420 g/mol. The van der Waals surface area contributed by atoms with E-state index >= 15 is 0 Å². The van der Waals surface area contributed by atoms with E-state index in [0.29, 0.717) is 23.7 Å². The molecule has 3 rings (SSSR count). The van der Waals surface area contributed by atoms with E-state index in [1.165, 1.54) is 0 Å². The molecule has 0 aliphatic heterocycles. The molecule has 0 spiro atoms. The Hall–Kier alpha value is -3.03. The largest absolute Gasteiger partial charge is 0.493 e. The van der Waals surface area contributed by atoms with Crippen molar-refractivity contribution in [3.63, 3.8) is 0 Å². The third-order valence-corrected chi connectivity index (χ3v) is 4.71. The SMILES string of the molecule is COc1cc(/C=C(\C#N)c2ccccc2)c(Br)cc1OCc1ccccc1. The Labute approximate surface area is 167 Å². The second-order valence-corrected chi connectivity index (χ2v) is 6.69. The van der Waals surface area contributed by atoms with Crippen LogP contribution in [0.25, 0.3) is 11.6 Å². The van der Waals surface area contributed by atoms with Gasteiger partial charge < -0.3 is 9.47 Å². The van der Waals surface area contributed by atoms with Gasteiger partial charge in [0.15, 0.2) is 11.5 Å². The highest BCUT2D eigenvalue weighted by Crippen LogP contribution is 2.35. The molecule has 134 valence electrons. The van der Waals surface area contributed by atoms with Crippen LogP contribution in [0.2, 0.25) is 0 Å². The first-order valence-corrected chi connectivity index (χ1v) is 9.22. The van der Waals surface area contributed by atoms with Gasteiger partial charge in [-0.05, 0) is 34.9 Å². The van der Waals surface area contributed by atoms with Crippen LogP contribution < -0.4 is 9.47 Å². The Bertz CT molecular complexity index is 977. The lowest BCUT2D eigenvalue weighted by atomic mass is 10.0. The summed E-state index contributed by atoms with van der Waals surface area (Å²) in [5, 5.41) is 9.53. The molecule has 0 atom stereocenters. The Balaban J connectivity index is 1.90. The van der Waals surface area contributed by atoms with Gasteiger partial charge in [-0.25, -0.2) is 0 Å². The van der Waals surface area contributed by atoms with Crippen LogP contribution in [0.1, 0.15) is 16.7 Å². The summed E-state index contributed by atoms with van der Waals surface area (Å²) < 4.78 is 12.2. The van der Waals surface area contributed by atoms with Crippen molar-refractivity contribution >= 4 is 27.6 Å². The molecule has 0 unspecified atom stereocenters. The Kier molecular flexibility index (Phi) is 6.30. The van der Waals surface area contributed by atoms with Crippen molar-refractivity contribution in [2.45, 2.75) is 6.61 Å². The van der Waals surface area contributed by atoms with Crippen LogP contribution in [0.15, 0.2) is 77.3 Å². The summed E-state index contributed by atoms with van der Waals surface area (Å²) in [5.41, 5.74) is 3.38. The van der Waals surface area contributed by atoms with Crippen molar-refractivity contribution in [2.75, 3.05) is 7.11 Å². The Morgan fingerprint density at radius 3 is 2.30 bits per heavy atom. The van der Waals surface area contributed by atoms with E-state index in [2.05, 4.69) is 22.0 Å². The number of hydrogen-bond acceptors (Lipinski definition) is 3. The maximum atomic E-state index is 9.53. The zero-order chi connectivity index (χ0) is 19.1. The summed E-state index contributed by atoms with van der Waals surface area (Å²) in [6.07, 6.45) is 1.84. The lowest BCUT2D eigenvalue weighted by molar-refractivity contribution is 0.284. The van der Waals surface area contributed by atoms with Crippen LogP contribution in [-0.4, -0.2) is 7.11 Å². The van der Waals surface area contributed by atoms with E-state index < -0.39 is 0 Å². The smallest absolute Gasteiger partial charge is 0.162 e. The van der Waals surface area contributed by atoms with Crippen molar-refractivity contribution in [3.8, 4) is 17.6 Å². The van der Waals surface area contributed by atoms with Gasteiger partial charge in [-0.15, -0.1) is 0 Å². The average Bonchev–Trinajstić information content (AvgIpc) is 2.73. The minimum Gasteiger partial charge on any atom is -0.493 e. The van der Waals surface area contributed by atoms with Gasteiger partial charge in [-0.2, -0.15) is 5.26 Å². The molecular weight excluding hydrogens is 402 g/mol. The maximum Gasteiger partial charge on any atom is 0.162 e. The highest BCUT2D eigenvalue weighted by molar-refractivity contribution is 9.10. The fourth-order valence-electron chi connectivity index (χ4n) is 2.62. The van der Waals surface area contributed by atoms with Crippen molar-refractivity contribution in [1.82, 2.24) is 0 Å². The second-order valence-electron chi connectivity index (χ2n) is 5.83. The number of halogens is 1. The number of ether oxygens (including phenoxy) is 2. The molecule has 3 nitrogen and oxygen atoms in total. The number of benzene rings is 3. The van der Waals surface area contributed by atoms with Gasteiger partial charge in [0.25, 0.3) is 0 Å². The van der Waals surface area contributed by atoms with Crippen LogP contribution in [0.4, 0.5) is 0 Å². The summed E-state index contributed by atoms with van der Waals surface area (Å²) in [6, 6.07) is 25.5. The summed E-state index contributed by atoms with van der Waals surface area (Å²) in [6.45, 7) is 0.451. The Morgan fingerprint density at radius 2 is 1.67 bits per heavy atom. The number of methoxy groups -OCH3 is 1. The molecule has 0 saturated heterocycles. The highest BCUT2D eigenvalue weighted by atomic mass is 79.9. The third-order valence-electron chi connectivity index (χ3n) is 4.03. The molecule has 0 radical (unpaired) electrons. The van der Waals surface area contributed by atoms with Crippen LogP contribution in [-0.2, 0) is 6.61 Å². The van der Waals surface area contributed by atoms with Crippen LogP contribution >= 0.6 is 15.9 Å². The molecule has 0 aliphatic rings. The van der Waals surface area contributed by atoms with E-state index in [-0.39, 0.29) is 0 Å². The zero-order valence-corrected chi connectivity index (χ0v) is 16.4. The van der Waals surface area contributed by atoms with Gasteiger partial charge in [0.1, 0.15) is 6.61 Å². The normalized spacial score (nSPS) is 10.9. The highest BCUT2D eigenvalue weighted by Gasteiger charge is 2.11. The Morgan fingerprint density at radius 1 is 1.00 bits per heavy atom. The minimum absolute atomic E-state index is 0.451. The number of rotatable bonds is 6. The van der Waals surface area contributed by atoms with Crippen LogP contribution in [0, 0.1) is 11.3 Å². The van der Waals surface area contributed by atoms with Gasteiger partial charge in [-0.1, -0.05) is 76.6 Å². The van der Waals surface area contributed by atoms with Gasteiger partial charge in [0.05, 0.1) is 18.8 Å². The molecule has 0 saturated carbocycles. The van der Waals surface area contributed by atoms with E-state index in [4.69, 9.17) is 9.47 Å². The summed E-state index contributed by atoms with van der Waals surface area (Å²) >= 11 is 3.58. The van der Waals surface area contributed by atoms with Crippen molar-refractivity contribution in [2.24, 2.45) is 0 Å². The summed E-state index contributed by atoms with van der Waals surface area (Å²) in [4.78, 5) is 0. The minimum atomic E-state index is 0.451. The molecule has 27 heavy (non-hydrogen) atoms. The number of hydrogen-bond donors (Lipinski definition) is 0. The lowest BCUT2D eigenvalue weighted by Gasteiger charge is -2.13. The van der Waals surface area contributed by atoms with Gasteiger partial charge >= 0.3 is 0 Å². The molecule has 0 amide bonds. The van der Waals surface area contributed by atoms with E-state index in [1.807, 2.05) is 78.9 Å². The van der Waals surface area contributed by atoms with E-state index in [9.17, 15) is 5.26 Å². The third kappa shape index (κ3) is 4.78. The molecule has 0 fully saturated rings. The van der Waals surface area contributed by atoms with Gasteiger partial charge in [-0.3, -0.25) is 0 Å². The molecule has 4 heteroatoms. The molecule has 0 N–H and O–H groups in total. The second kappa shape index (κ2) is 9.07. The zero-order valence-electron chi connectivity index (χ0n) is 14.9. The lowest BCUT2D eigenvalue weighted by Crippen LogP contribution is -1.98. The van der Waals surface area contributed by atoms with Crippen LogP contribution in [0.5, 0.6) is 11.5 Å². The topological polar surface area (TPSA) is 42.2 Å². The van der Waals surface area contributed by atoms with E-state index in [1.54, 1.807) is 7.11 Å². The number of nitrogens with zero attached hydrogens (tertiary/aromatic N) is 1. The first kappa shape index (κ1) is 18.8. The first-order chi connectivity index (χ1) is 13.2. The summed E-state index contributed by atoms with van der Waals surface area (Å²) in [5.74, 6) is 1.26. The number of allylic oxidation sites excluding steroid dienone is 1. The fourth-order valence-corrected chi connectivity index (χ4v) is 3.06. The maximum absolute atomic E-state index is 9.53. The molecule has 3 aromatic rings. The van der Waals surface area contributed by atoms with Gasteiger partial charge in [0.2, 0.25) is 0 Å². The molecule has 0 aromatic heterocycles.